The molecule has 0 spiro atoms. The summed E-state index contributed by atoms with van der Waals surface area (Å²) in [5.74, 6) is 0.796. The van der Waals surface area contributed by atoms with E-state index in [4.69, 9.17) is 0 Å². The number of hydrogen-bond acceptors (Lipinski definition) is 5. The van der Waals surface area contributed by atoms with Gasteiger partial charge in [-0.25, -0.2) is 13.1 Å². The van der Waals surface area contributed by atoms with Gasteiger partial charge in [0.25, 0.3) is 5.91 Å². The van der Waals surface area contributed by atoms with Crippen molar-refractivity contribution in [1.29, 1.82) is 0 Å². The van der Waals surface area contributed by atoms with Gasteiger partial charge in [-0.1, -0.05) is 6.07 Å². The Morgan fingerprint density at radius 3 is 2.85 bits per heavy atom. The van der Waals surface area contributed by atoms with Gasteiger partial charge >= 0.3 is 0 Å². The number of sulfonamides is 1. The van der Waals surface area contributed by atoms with Gasteiger partial charge in [0.2, 0.25) is 10.0 Å². The molecule has 1 aliphatic heterocycles. The van der Waals surface area contributed by atoms with Crippen molar-refractivity contribution < 1.29 is 13.2 Å². The third kappa shape index (κ3) is 4.09. The minimum atomic E-state index is -3.56. The number of hydrazine groups is 1. The van der Waals surface area contributed by atoms with Gasteiger partial charge in [-0.15, -0.1) is 0 Å². The van der Waals surface area contributed by atoms with Gasteiger partial charge in [-0.3, -0.25) is 15.6 Å². The first-order valence-corrected chi connectivity index (χ1v) is 10.9. The molecule has 3 aliphatic rings. The predicted octanol–water partition coefficient (Wildman–Crippen LogP) is 0.750. The Morgan fingerprint density at radius 2 is 2.04 bits per heavy atom. The summed E-state index contributed by atoms with van der Waals surface area (Å²) in [6.07, 6.45) is 5.07. The van der Waals surface area contributed by atoms with Crippen LogP contribution >= 0.6 is 0 Å². The Morgan fingerprint density at radius 1 is 1.19 bits per heavy atom. The molecule has 0 radical (unpaired) electrons. The van der Waals surface area contributed by atoms with Gasteiger partial charge in [-0.05, 0) is 62.1 Å². The first-order valence-electron chi connectivity index (χ1n) is 9.40. The molecule has 2 aliphatic carbocycles. The molecule has 1 saturated heterocycles. The Hall–Kier alpha value is -1.48. The van der Waals surface area contributed by atoms with Crippen LogP contribution in [-0.4, -0.2) is 39.5 Å². The monoisotopic (exact) mass is 378 g/mol. The average molecular weight is 378 g/mol. The Kier molecular flexibility index (Phi) is 5.00. The van der Waals surface area contributed by atoms with Crippen LogP contribution in [0.3, 0.4) is 0 Å². The number of amides is 1. The average Bonchev–Trinajstić information content (AvgIpc) is 3.36. The van der Waals surface area contributed by atoms with E-state index in [9.17, 15) is 13.2 Å². The molecule has 1 amide bonds. The zero-order chi connectivity index (χ0) is 18.1. The number of benzene rings is 1. The normalized spacial score (nSPS) is 28.5. The number of rotatable bonds is 6. The minimum Gasteiger partial charge on any atom is -0.349 e. The second kappa shape index (κ2) is 7.26. The topological polar surface area (TPSA) is 99.3 Å². The van der Waals surface area contributed by atoms with E-state index in [-0.39, 0.29) is 16.8 Å². The summed E-state index contributed by atoms with van der Waals surface area (Å²) in [7, 11) is -3.56. The lowest BCUT2D eigenvalue weighted by Crippen LogP contribution is -2.44. The first-order chi connectivity index (χ1) is 12.5. The highest BCUT2D eigenvalue weighted by molar-refractivity contribution is 7.89. The summed E-state index contributed by atoms with van der Waals surface area (Å²) in [5.41, 5.74) is 6.85. The molecule has 4 N–H and O–H groups in total. The lowest BCUT2D eigenvalue weighted by Gasteiger charge is -2.31. The Labute approximate surface area is 154 Å². The summed E-state index contributed by atoms with van der Waals surface area (Å²) in [5, 5.41) is 3.08. The van der Waals surface area contributed by atoms with Crippen LogP contribution in [0.15, 0.2) is 29.2 Å². The van der Waals surface area contributed by atoms with E-state index in [1.807, 2.05) is 0 Å². The number of fused-ring (bicyclic) bond motifs is 1. The first kappa shape index (κ1) is 17.9. The van der Waals surface area contributed by atoms with Crippen molar-refractivity contribution in [2.45, 2.75) is 49.1 Å². The van der Waals surface area contributed by atoms with Crippen molar-refractivity contribution >= 4 is 15.9 Å². The zero-order valence-electron chi connectivity index (χ0n) is 14.7. The molecular weight excluding hydrogens is 352 g/mol. The molecule has 0 aromatic heterocycles. The number of hydrogen-bond donors (Lipinski definition) is 4. The molecule has 2 saturated carbocycles. The van der Waals surface area contributed by atoms with Crippen LogP contribution < -0.4 is 20.9 Å². The third-order valence-corrected chi connectivity index (χ3v) is 7.06. The highest BCUT2D eigenvalue weighted by atomic mass is 32.2. The summed E-state index contributed by atoms with van der Waals surface area (Å²) < 4.78 is 27.4. The van der Waals surface area contributed by atoms with E-state index in [1.165, 1.54) is 12.1 Å². The van der Waals surface area contributed by atoms with Gasteiger partial charge in [0.15, 0.2) is 0 Å². The van der Waals surface area contributed by atoms with Crippen LogP contribution in [-0.2, 0) is 10.0 Å². The highest BCUT2D eigenvalue weighted by Gasteiger charge is 2.34. The van der Waals surface area contributed by atoms with Gasteiger partial charge in [0, 0.05) is 30.7 Å². The van der Waals surface area contributed by atoms with Crippen molar-refractivity contribution in [2.75, 3.05) is 13.1 Å². The van der Waals surface area contributed by atoms with E-state index in [1.54, 1.807) is 12.1 Å². The third-order valence-electron chi connectivity index (χ3n) is 5.63. The molecule has 7 nitrogen and oxygen atoms in total. The zero-order valence-corrected chi connectivity index (χ0v) is 15.5. The van der Waals surface area contributed by atoms with Crippen LogP contribution in [0.25, 0.3) is 0 Å². The Bertz CT molecular complexity index is 778. The van der Waals surface area contributed by atoms with Crippen molar-refractivity contribution in [3.05, 3.63) is 29.8 Å². The van der Waals surface area contributed by atoms with E-state index in [0.29, 0.717) is 30.0 Å². The van der Waals surface area contributed by atoms with Crippen molar-refractivity contribution in [3.63, 3.8) is 0 Å². The van der Waals surface area contributed by atoms with Crippen molar-refractivity contribution in [3.8, 4) is 0 Å². The molecule has 4 rings (SSSR count). The molecule has 8 heteroatoms. The summed E-state index contributed by atoms with van der Waals surface area (Å²) >= 11 is 0. The summed E-state index contributed by atoms with van der Waals surface area (Å²) in [4.78, 5) is 12.8. The van der Waals surface area contributed by atoms with Gasteiger partial charge in [-0.2, -0.15) is 0 Å². The molecule has 3 fully saturated rings. The van der Waals surface area contributed by atoms with Crippen molar-refractivity contribution in [1.82, 2.24) is 20.9 Å². The largest absolute Gasteiger partial charge is 0.349 e. The van der Waals surface area contributed by atoms with Crippen molar-refractivity contribution in [2.24, 2.45) is 11.8 Å². The smallest absolute Gasteiger partial charge is 0.251 e. The maximum Gasteiger partial charge on any atom is 0.251 e. The lowest BCUT2D eigenvalue weighted by atomic mass is 9.83. The summed E-state index contributed by atoms with van der Waals surface area (Å²) in [6, 6.07) is 6.93. The molecule has 26 heavy (non-hydrogen) atoms. The molecule has 1 heterocycles. The van der Waals surface area contributed by atoms with Crippen LogP contribution in [0.2, 0.25) is 0 Å². The van der Waals surface area contributed by atoms with Gasteiger partial charge in [0.1, 0.15) is 0 Å². The molecule has 0 bridgehead atoms. The standard InChI is InChI=1S/C18H26N4O3S/c23-18(21-15-6-7-17-14(8-15)11-19-22-17)13-2-1-3-16(9-13)26(24,25)20-10-12-4-5-12/h1-3,9,12,14-15,17,19-20,22H,4-8,10-11H2,(H,21,23). The van der Waals surface area contributed by atoms with E-state index >= 15 is 0 Å². The number of nitrogens with one attached hydrogen (secondary N) is 4. The fraction of sp³-hybridized carbons (Fsp3) is 0.611. The maximum absolute atomic E-state index is 12.6. The van der Waals surface area contributed by atoms with Crippen LogP contribution in [0, 0.1) is 11.8 Å². The molecule has 1 aromatic carbocycles. The SMILES string of the molecule is O=C(NC1CCC2NNCC2C1)c1cccc(S(=O)(=O)NCC2CC2)c1. The van der Waals surface area contributed by atoms with Crippen LogP contribution in [0.5, 0.6) is 0 Å². The quantitative estimate of drug-likeness (QED) is 0.585. The maximum atomic E-state index is 12.6. The number of carbonyl (C=O) groups is 1. The predicted molar refractivity (Wildman–Crippen MR) is 97.9 cm³/mol. The Balaban J connectivity index is 1.39. The minimum absolute atomic E-state index is 0.138. The molecule has 1 aromatic rings. The molecule has 142 valence electrons. The fourth-order valence-electron chi connectivity index (χ4n) is 3.84. The van der Waals surface area contributed by atoms with Gasteiger partial charge < -0.3 is 5.32 Å². The second-order valence-electron chi connectivity index (χ2n) is 7.70. The van der Waals surface area contributed by atoms with Crippen LogP contribution in [0.1, 0.15) is 42.5 Å². The molecular formula is C18H26N4O3S. The fourth-order valence-corrected chi connectivity index (χ4v) is 5.00. The van der Waals surface area contributed by atoms with E-state index in [2.05, 4.69) is 20.9 Å². The molecule has 3 unspecified atom stereocenters. The molecule has 3 atom stereocenters. The van der Waals surface area contributed by atoms with E-state index in [0.717, 1.165) is 38.6 Å². The van der Waals surface area contributed by atoms with Gasteiger partial charge in [0.05, 0.1) is 4.90 Å². The number of carbonyl (C=O) groups excluding carboxylic acids is 1. The van der Waals surface area contributed by atoms with Crippen LogP contribution in [0.4, 0.5) is 0 Å². The lowest BCUT2D eigenvalue weighted by molar-refractivity contribution is 0.0918. The highest BCUT2D eigenvalue weighted by Crippen LogP contribution is 2.28. The van der Waals surface area contributed by atoms with E-state index < -0.39 is 10.0 Å². The second-order valence-corrected chi connectivity index (χ2v) is 9.47. The summed E-state index contributed by atoms with van der Waals surface area (Å²) in [6.45, 7) is 1.41.